The summed E-state index contributed by atoms with van der Waals surface area (Å²) < 4.78 is 22.1. The molecule has 10 heteroatoms. The third-order valence-corrected chi connectivity index (χ3v) is 16.5. The first kappa shape index (κ1) is 41.1. The van der Waals surface area contributed by atoms with Crippen molar-refractivity contribution in [1.29, 1.82) is 0 Å². The lowest BCUT2D eigenvalue weighted by Crippen LogP contribution is -2.54. The maximum atomic E-state index is 13.4. The normalized spacial score (nSPS) is 31.1. The summed E-state index contributed by atoms with van der Waals surface area (Å²) in [6, 6.07) is 10.4. The monoisotopic (exact) mass is 808 g/mol. The van der Waals surface area contributed by atoms with E-state index in [0.717, 1.165) is 115 Å². The van der Waals surface area contributed by atoms with Crippen LogP contribution in [0.4, 0.5) is 0 Å². The third-order valence-electron chi connectivity index (χ3n) is 16.5. The molecule has 1 saturated heterocycles. The van der Waals surface area contributed by atoms with E-state index in [2.05, 4.69) is 49.0 Å². The highest BCUT2D eigenvalue weighted by Gasteiger charge is 2.60. The molecule has 5 aliphatic rings. The smallest absolute Gasteiger partial charge is 0.329 e. The molecule has 0 amide bonds. The van der Waals surface area contributed by atoms with Crippen LogP contribution < -0.4 is 10.4 Å². The van der Waals surface area contributed by atoms with Crippen molar-refractivity contribution in [1.82, 2.24) is 24.0 Å². The molecule has 4 heterocycles. The number of benzene rings is 1. The Labute approximate surface area is 351 Å². The zero-order chi connectivity index (χ0) is 40.7. The fourth-order valence-corrected chi connectivity index (χ4v) is 13.1. The van der Waals surface area contributed by atoms with Gasteiger partial charge in [-0.1, -0.05) is 19.9 Å². The van der Waals surface area contributed by atoms with Gasteiger partial charge in [-0.2, -0.15) is 0 Å². The molecule has 8 atom stereocenters. The molecule has 0 radical (unpaired) electrons. The van der Waals surface area contributed by atoms with Gasteiger partial charge in [-0.3, -0.25) is 14.1 Å². The van der Waals surface area contributed by atoms with E-state index in [1.165, 1.54) is 57.8 Å². The van der Waals surface area contributed by atoms with E-state index in [4.69, 9.17) is 19.2 Å². The molecular formula is C49H69N5O5. The van der Waals surface area contributed by atoms with Gasteiger partial charge in [-0.15, -0.1) is 0 Å². The summed E-state index contributed by atoms with van der Waals surface area (Å²) in [5.74, 6) is 3.92. The summed E-state index contributed by atoms with van der Waals surface area (Å²) in [6.45, 7) is 10.1. The van der Waals surface area contributed by atoms with E-state index in [0.29, 0.717) is 42.6 Å². The first-order chi connectivity index (χ1) is 28.6. The van der Waals surface area contributed by atoms with E-state index in [1.54, 1.807) is 4.57 Å². The molecule has 320 valence electrons. The lowest BCUT2D eigenvalue weighted by atomic mass is 9.45. The topological polar surface area (TPSA) is 104 Å². The number of aromatic nitrogens is 4. The molecule has 1 aliphatic heterocycles. The van der Waals surface area contributed by atoms with Gasteiger partial charge in [0.15, 0.2) is 0 Å². The highest BCUT2D eigenvalue weighted by atomic mass is 16.5. The average molecular weight is 808 g/mol. The summed E-state index contributed by atoms with van der Waals surface area (Å²) in [5, 5.41) is 11.4. The molecular weight excluding hydrogens is 739 g/mol. The van der Waals surface area contributed by atoms with Crippen molar-refractivity contribution in [3.63, 3.8) is 0 Å². The summed E-state index contributed by atoms with van der Waals surface area (Å²) in [6.07, 6.45) is 21.5. The summed E-state index contributed by atoms with van der Waals surface area (Å²) >= 11 is 0. The van der Waals surface area contributed by atoms with Gasteiger partial charge in [-0.05, 0) is 168 Å². The summed E-state index contributed by atoms with van der Waals surface area (Å²) in [7, 11) is 4.05. The minimum Gasteiger partial charge on any atom is -0.478 e. The minimum absolute atomic E-state index is 0.0000548. The Morgan fingerprint density at radius 3 is 2.47 bits per heavy atom. The van der Waals surface area contributed by atoms with E-state index in [-0.39, 0.29) is 17.8 Å². The second kappa shape index (κ2) is 17.2. The van der Waals surface area contributed by atoms with Gasteiger partial charge in [-0.25, -0.2) is 9.78 Å². The van der Waals surface area contributed by atoms with Crippen LogP contribution in [0.3, 0.4) is 0 Å². The Hall–Kier alpha value is -3.31. The number of aryl methyl sites for hydroxylation is 1. The van der Waals surface area contributed by atoms with Gasteiger partial charge >= 0.3 is 5.69 Å². The van der Waals surface area contributed by atoms with Crippen molar-refractivity contribution in [3.8, 4) is 17.0 Å². The van der Waals surface area contributed by atoms with E-state index in [9.17, 15) is 9.90 Å². The Kier molecular flexibility index (Phi) is 12.0. The largest absolute Gasteiger partial charge is 0.478 e. The van der Waals surface area contributed by atoms with Gasteiger partial charge in [0.2, 0.25) is 5.88 Å². The Bertz CT molecular complexity index is 2130. The number of rotatable bonds is 14. The molecule has 9 rings (SSSR count). The van der Waals surface area contributed by atoms with Crippen LogP contribution in [0, 0.1) is 34.5 Å². The van der Waals surface area contributed by atoms with E-state index in [1.807, 2.05) is 36.1 Å². The number of ether oxygens (including phenoxy) is 3. The Morgan fingerprint density at radius 2 is 1.64 bits per heavy atom. The van der Waals surface area contributed by atoms with Crippen LogP contribution in [0.15, 0.2) is 47.5 Å². The number of imidazole rings is 1. The minimum atomic E-state index is -0.0597. The Balaban J connectivity index is 0.695. The van der Waals surface area contributed by atoms with Crippen LogP contribution in [-0.4, -0.2) is 87.9 Å². The van der Waals surface area contributed by atoms with E-state index >= 15 is 0 Å². The zero-order valence-corrected chi connectivity index (χ0v) is 36.2. The van der Waals surface area contributed by atoms with Gasteiger partial charge in [0.1, 0.15) is 0 Å². The molecule has 59 heavy (non-hydrogen) atoms. The quantitative estimate of drug-likeness (QED) is 0.126. The molecule has 4 aromatic rings. The highest BCUT2D eigenvalue weighted by molar-refractivity contribution is 6.04. The molecule has 0 bridgehead atoms. The van der Waals surface area contributed by atoms with Crippen LogP contribution in [-0.2, 0) is 16.5 Å². The molecule has 1 aromatic carbocycles. The Morgan fingerprint density at radius 1 is 0.847 bits per heavy atom. The molecule has 10 nitrogen and oxygen atoms in total. The molecule has 1 N–H and O–H groups in total. The SMILES string of the molecule is CN(CCCCCO[C@H]1CC[C@H]2[C@@H]3CC[C@H]4CC(O)CC[C@]4(C)[C@H]3CC[C@]12C)CCCOc1ccc(-c2ccc3ncc4c(c3c2)n(C2CCOCC2)c(=O)n4C)cn1. The van der Waals surface area contributed by atoms with Crippen LogP contribution in [0.25, 0.3) is 33.1 Å². The predicted octanol–water partition coefficient (Wildman–Crippen LogP) is 8.96. The van der Waals surface area contributed by atoms with Crippen molar-refractivity contribution in [2.45, 2.75) is 128 Å². The number of unbranched alkanes of at least 4 members (excludes halogenated alkanes) is 2. The van der Waals surface area contributed by atoms with Gasteiger partial charge < -0.3 is 24.2 Å². The lowest BCUT2D eigenvalue weighted by Gasteiger charge is -2.60. The van der Waals surface area contributed by atoms with Gasteiger partial charge in [0.05, 0.1) is 41.6 Å². The number of hydrogen-bond donors (Lipinski definition) is 1. The van der Waals surface area contributed by atoms with Crippen molar-refractivity contribution < 1.29 is 19.3 Å². The second-order valence-corrected chi connectivity index (χ2v) is 19.8. The predicted molar refractivity (Wildman–Crippen MR) is 234 cm³/mol. The number of pyridine rings is 2. The first-order valence-corrected chi connectivity index (χ1v) is 23.3. The van der Waals surface area contributed by atoms with Crippen LogP contribution >= 0.6 is 0 Å². The first-order valence-electron chi connectivity index (χ1n) is 23.3. The zero-order valence-electron chi connectivity index (χ0n) is 36.2. The standard InChI is InChI=1S/C49H69N5O5/c1-48-21-17-37(55)30-35(48)11-12-38-40-13-15-44(49(40,2)22-18-41(38)48)58-25-7-5-6-23-52(3)24-8-26-59-45-16-10-34(31-51-45)33-9-14-42-39(29-33)46-43(32-50-42)53(4)47(56)54(46)36-19-27-57-28-20-36/h9-10,14,16,29,31-32,35-38,40-41,44,55H,5-8,11-13,15,17-28,30H2,1-4H3/t35-,37?,38-,40-,41-,44-,48-,49-/m0/s1. The average Bonchev–Trinajstić information content (AvgIpc) is 3.73. The number of nitrogens with zero attached hydrogens (tertiary/aromatic N) is 5. The maximum absolute atomic E-state index is 13.4. The van der Waals surface area contributed by atoms with Crippen molar-refractivity contribution in [2.75, 3.05) is 46.6 Å². The maximum Gasteiger partial charge on any atom is 0.329 e. The second-order valence-electron chi connectivity index (χ2n) is 19.8. The lowest BCUT2D eigenvalue weighted by molar-refractivity contribution is -0.141. The molecule has 4 saturated carbocycles. The molecule has 0 spiro atoms. The van der Waals surface area contributed by atoms with E-state index < -0.39 is 0 Å². The number of hydrogen-bond acceptors (Lipinski definition) is 8. The summed E-state index contributed by atoms with van der Waals surface area (Å²) in [5.41, 5.74) is 5.50. The third kappa shape index (κ3) is 7.89. The molecule has 4 aliphatic carbocycles. The number of aliphatic hydroxyl groups excluding tert-OH is 1. The summed E-state index contributed by atoms with van der Waals surface area (Å²) in [4.78, 5) is 25.2. The van der Waals surface area contributed by atoms with Crippen LogP contribution in [0.5, 0.6) is 5.88 Å². The van der Waals surface area contributed by atoms with Gasteiger partial charge in [0, 0.05) is 62.7 Å². The molecule has 5 fully saturated rings. The van der Waals surface area contributed by atoms with Crippen molar-refractivity contribution in [2.24, 2.45) is 41.5 Å². The van der Waals surface area contributed by atoms with Gasteiger partial charge in [0.25, 0.3) is 0 Å². The molecule has 1 unspecified atom stereocenters. The van der Waals surface area contributed by atoms with Crippen molar-refractivity contribution in [3.05, 3.63) is 53.2 Å². The van der Waals surface area contributed by atoms with Crippen LogP contribution in [0.2, 0.25) is 0 Å². The number of fused-ring (bicyclic) bond motifs is 8. The fraction of sp³-hybridized carbons (Fsp3) is 0.694. The number of aliphatic hydroxyl groups is 1. The van der Waals surface area contributed by atoms with Crippen molar-refractivity contribution >= 4 is 21.9 Å². The highest BCUT2D eigenvalue weighted by Crippen LogP contribution is 2.66. The van der Waals surface area contributed by atoms with Crippen LogP contribution in [0.1, 0.15) is 116 Å². The molecule has 3 aromatic heterocycles. The fourth-order valence-electron chi connectivity index (χ4n) is 13.1.